The molecule has 0 aliphatic carbocycles. The van der Waals surface area contributed by atoms with Crippen LogP contribution in [0.15, 0.2) is 80.8 Å². The maximum Gasteiger partial charge on any atom is 0.440 e. The average molecular weight is 469 g/mol. The predicted molar refractivity (Wildman–Crippen MR) is 123 cm³/mol. The zero-order chi connectivity index (χ0) is 23.2. The second-order valence-corrected chi connectivity index (χ2v) is 7.60. The topological polar surface area (TPSA) is 107 Å². The van der Waals surface area contributed by atoms with E-state index in [9.17, 15) is 9.59 Å². The van der Waals surface area contributed by atoms with Gasteiger partial charge < -0.3 is 19.1 Å². The van der Waals surface area contributed by atoms with Crippen LogP contribution in [0.25, 0.3) is 11.1 Å². The smallest absolute Gasteiger partial charge is 0.440 e. The highest BCUT2D eigenvalue weighted by atomic mass is 35.5. The van der Waals surface area contributed by atoms with E-state index >= 15 is 0 Å². The Morgan fingerprint density at radius 2 is 1.73 bits per heavy atom. The van der Waals surface area contributed by atoms with Gasteiger partial charge in [-0.05, 0) is 53.1 Å². The summed E-state index contributed by atoms with van der Waals surface area (Å²) in [6, 6.07) is 20.5. The van der Waals surface area contributed by atoms with Crippen LogP contribution in [-0.2, 0) is 13.2 Å². The van der Waals surface area contributed by atoms with Crippen LogP contribution in [0, 0.1) is 0 Å². The van der Waals surface area contributed by atoms with Gasteiger partial charge in [0.15, 0.2) is 0 Å². The van der Waals surface area contributed by atoms with Crippen LogP contribution in [0.2, 0.25) is 5.02 Å². The van der Waals surface area contributed by atoms with Crippen LogP contribution in [0.5, 0.6) is 11.5 Å². The predicted octanol–water partition coefficient (Wildman–Crippen LogP) is 3.45. The molecule has 0 radical (unpaired) electrons. The molecular formula is C24H21ClN2O6. The summed E-state index contributed by atoms with van der Waals surface area (Å²) in [5.74, 6) is 0.481. The van der Waals surface area contributed by atoms with Crippen LogP contribution < -0.4 is 20.9 Å². The molecule has 9 heteroatoms. The van der Waals surface area contributed by atoms with Gasteiger partial charge in [0.1, 0.15) is 24.7 Å². The fraction of sp³-hybridized carbons (Fsp3) is 0.167. The number of hydrogen-bond donors (Lipinski definition) is 2. The number of nitrogens with zero attached hydrogens (tertiary/aromatic N) is 1. The third-order valence-electron chi connectivity index (χ3n) is 4.82. The van der Waals surface area contributed by atoms with E-state index in [1.807, 2.05) is 41.4 Å². The summed E-state index contributed by atoms with van der Waals surface area (Å²) in [5, 5.41) is 9.43. The molecule has 1 aromatic heterocycles. The number of H-pyrrole nitrogens is 1. The Morgan fingerprint density at radius 1 is 0.939 bits per heavy atom. The third-order valence-corrected chi connectivity index (χ3v) is 5.13. The van der Waals surface area contributed by atoms with E-state index < -0.39 is 11.4 Å². The van der Waals surface area contributed by atoms with Gasteiger partial charge in [-0.1, -0.05) is 41.9 Å². The first-order valence-corrected chi connectivity index (χ1v) is 10.5. The van der Waals surface area contributed by atoms with E-state index in [4.69, 9.17) is 30.7 Å². The molecular weight excluding hydrogens is 448 g/mol. The molecule has 0 aliphatic heterocycles. The molecule has 0 amide bonds. The Balaban J connectivity index is 1.40. The van der Waals surface area contributed by atoms with E-state index in [1.54, 1.807) is 30.3 Å². The Labute approximate surface area is 193 Å². The number of benzene rings is 3. The zero-order valence-corrected chi connectivity index (χ0v) is 18.2. The summed E-state index contributed by atoms with van der Waals surface area (Å²) in [6.07, 6.45) is 0. The molecule has 0 saturated heterocycles. The molecule has 0 atom stereocenters. The molecule has 0 saturated carbocycles. The first-order chi connectivity index (χ1) is 16.0. The van der Waals surface area contributed by atoms with Crippen molar-refractivity contribution >= 4 is 11.6 Å². The standard InChI is InChI=1S/C24H21ClN2O6/c25-22-13-20(31-11-10-28)8-9-21(22)18-3-1-2-17(12-18)15-32-19-6-4-16(5-7-19)14-27-23(29)26-24(30)33-27/h1-9,12-13,28H,10-11,14-15H2,(H,26,29,30). The maximum atomic E-state index is 11.5. The van der Waals surface area contributed by atoms with Crippen molar-refractivity contribution in [3.63, 3.8) is 0 Å². The monoisotopic (exact) mass is 468 g/mol. The molecule has 0 unspecified atom stereocenters. The van der Waals surface area contributed by atoms with Crippen molar-refractivity contribution in [1.29, 1.82) is 0 Å². The van der Waals surface area contributed by atoms with Crippen LogP contribution >= 0.6 is 11.6 Å². The largest absolute Gasteiger partial charge is 0.491 e. The lowest BCUT2D eigenvalue weighted by molar-refractivity contribution is 0.201. The summed E-state index contributed by atoms with van der Waals surface area (Å²) in [4.78, 5) is 24.7. The van der Waals surface area contributed by atoms with Crippen molar-refractivity contribution in [2.75, 3.05) is 13.2 Å². The molecule has 0 spiro atoms. The van der Waals surface area contributed by atoms with Gasteiger partial charge in [-0.2, -0.15) is 0 Å². The van der Waals surface area contributed by atoms with Crippen molar-refractivity contribution in [3.8, 4) is 22.6 Å². The van der Waals surface area contributed by atoms with Crippen LogP contribution in [-0.4, -0.2) is 28.0 Å². The summed E-state index contributed by atoms with van der Waals surface area (Å²) >= 11 is 6.43. The van der Waals surface area contributed by atoms with Gasteiger partial charge in [-0.25, -0.2) is 14.6 Å². The highest BCUT2D eigenvalue weighted by Crippen LogP contribution is 2.32. The maximum absolute atomic E-state index is 11.5. The lowest BCUT2D eigenvalue weighted by atomic mass is 10.0. The minimum absolute atomic E-state index is 0.0604. The molecule has 170 valence electrons. The number of aliphatic hydroxyl groups is 1. The zero-order valence-electron chi connectivity index (χ0n) is 17.5. The summed E-state index contributed by atoms with van der Waals surface area (Å²) in [5.41, 5.74) is 2.98. The van der Waals surface area contributed by atoms with E-state index in [2.05, 4.69) is 0 Å². The Kier molecular flexibility index (Phi) is 6.97. The second kappa shape index (κ2) is 10.2. The Bertz CT molecular complexity index is 1340. The van der Waals surface area contributed by atoms with Gasteiger partial charge in [0.25, 0.3) is 0 Å². The quantitative estimate of drug-likeness (QED) is 0.389. The summed E-state index contributed by atoms with van der Waals surface area (Å²) in [7, 11) is 0. The number of halogens is 1. The molecule has 4 rings (SSSR count). The van der Waals surface area contributed by atoms with Crippen molar-refractivity contribution in [3.05, 3.63) is 104 Å². The molecule has 2 N–H and O–H groups in total. The normalized spacial score (nSPS) is 10.8. The molecule has 3 aromatic carbocycles. The van der Waals surface area contributed by atoms with Crippen molar-refractivity contribution in [1.82, 2.24) is 9.72 Å². The van der Waals surface area contributed by atoms with Crippen LogP contribution in [0.4, 0.5) is 0 Å². The van der Waals surface area contributed by atoms with Crippen LogP contribution in [0.3, 0.4) is 0 Å². The van der Waals surface area contributed by atoms with Crippen molar-refractivity contribution < 1.29 is 19.1 Å². The molecule has 0 bridgehead atoms. The lowest BCUT2D eigenvalue weighted by Gasteiger charge is -2.11. The average Bonchev–Trinajstić information content (AvgIpc) is 3.13. The molecule has 0 aliphatic rings. The van der Waals surface area contributed by atoms with E-state index in [-0.39, 0.29) is 19.8 Å². The minimum Gasteiger partial charge on any atom is -0.491 e. The molecule has 33 heavy (non-hydrogen) atoms. The first-order valence-electron chi connectivity index (χ1n) is 10.2. The van der Waals surface area contributed by atoms with Crippen molar-refractivity contribution in [2.24, 2.45) is 0 Å². The molecule has 4 aromatic rings. The van der Waals surface area contributed by atoms with E-state index in [0.717, 1.165) is 27.0 Å². The number of hydrogen-bond acceptors (Lipinski definition) is 6. The number of aromatic nitrogens is 2. The highest BCUT2D eigenvalue weighted by molar-refractivity contribution is 6.33. The van der Waals surface area contributed by atoms with Gasteiger partial charge >= 0.3 is 11.4 Å². The minimum atomic E-state index is -0.783. The van der Waals surface area contributed by atoms with Gasteiger partial charge in [-0.3, -0.25) is 0 Å². The first kappa shape index (κ1) is 22.4. The summed E-state index contributed by atoms with van der Waals surface area (Å²) < 4.78 is 17.0. The number of aliphatic hydroxyl groups excluding tert-OH is 1. The van der Waals surface area contributed by atoms with Gasteiger partial charge in [0.05, 0.1) is 18.2 Å². The number of nitrogens with one attached hydrogen (secondary N) is 1. The SMILES string of the molecule is O=c1[nH]c(=O)n(Cc2ccc(OCc3cccc(-c4ccc(OCCO)cc4Cl)c3)cc2)o1. The van der Waals surface area contributed by atoms with Gasteiger partial charge in [0, 0.05) is 5.56 Å². The number of aromatic amines is 1. The number of rotatable bonds is 9. The Morgan fingerprint density at radius 3 is 2.42 bits per heavy atom. The van der Waals surface area contributed by atoms with Gasteiger partial charge in [0.2, 0.25) is 0 Å². The third kappa shape index (κ3) is 5.74. The summed E-state index contributed by atoms with van der Waals surface area (Å²) in [6.45, 7) is 0.652. The molecule has 0 fully saturated rings. The fourth-order valence-electron chi connectivity index (χ4n) is 3.25. The number of ether oxygens (including phenoxy) is 2. The highest BCUT2D eigenvalue weighted by Gasteiger charge is 2.08. The van der Waals surface area contributed by atoms with Gasteiger partial charge in [-0.15, -0.1) is 4.74 Å². The van der Waals surface area contributed by atoms with Crippen molar-refractivity contribution in [2.45, 2.75) is 13.2 Å². The Hall–Kier alpha value is -3.75. The van der Waals surface area contributed by atoms with E-state index in [1.165, 1.54) is 0 Å². The van der Waals surface area contributed by atoms with E-state index in [0.29, 0.717) is 23.1 Å². The lowest BCUT2D eigenvalue weighted by Crippen LogP contribution is -2.17. The second-order valence-electron chi connectivity index (χ2n) is 7.19. The molecule has 8 nitrogen and oxygen atoms in total. The molecule has 1 heterocycles. The van der Waals surface area contributed by atoms with Crippen LogP contribution in [0.1, 0.15) is 11.1 Å². The fourth-order valence-corrected chi connectivity index (χ4v) is 3.53.